The molecule has 1 saturated heterocycles. The maximum atomic E-state index is 11.8. The Labute approximate surface area is 227 Å². The van der Waals surface area contributed by atoms with Crippen LogP contribution in [0.1, 0.15) is 65.7 Å². The van der Waals surface area contributed by atoms with E-state index >= 15 is 0 Å². The first-order valence-electron chi connectivity index (χ1n) is 13.9. The third-order valence-electron chi connectivity index (χ3n) is 8.49. The van der Waals surface area contributed by atoms with Gasteiger partial charge in [-0.2, -0.15) is 0 Å². The SMILES string of the molecule is C[C@@H]1CCC[C@@H](C)N1c1nc2cc(-c3noc(=O)[nH]3)nc(-c3cccc(Cl)c3)c2n1C[C@H]1CC[C@H](C)CC1. The van der Waals surface area contributed by atoms with Gasteiger partial charge in [-0.1, -0.05) is 48.7 Å². The third kappa shape index (κ3) is 4.75. The van der Waals surface area contributed by atoms with E-state index in [1.54, 1.807) is 0 Å². The lowest BCUT2D eigenvalue weighted by Crippen LogP contribution is -2.45. The molecule has 38 heavy (non-hydrogen) atoms. The predicted octanol–water partition coefficient (Wildman–Crippen LogP) is 6.69. The van der Waals surface area contributed by atoms with E-state index in [1.165, 1.54) is 32.1 Å². The number of pyridine rings is 1. The summed E-state index contributed by atoms with van der Waals surface area (Å²) in [6, 6.07) is 10.5. The molecule has 0 radical (unpaired) electrons. The van der Waals surface area contributed by atoms with Crippen molar-refractivity contribution in [2.45, 2.75) is 84.3 Å². The normalized spacial score (nSPS) is 24.3. The molecule has 2 atom stereocenters. The molecule has 2 aliphatic rings. The molecule has 200 valence electrons. The van der Waals surface area contributed by atoms with Gasteiger partial charge in [-0.3, -0.25) is 9.51 Å². The molecule has 6 rings (SSSR count). The lowest BCUT2D eigenvalue weighted by molar-refractivity contribution is 0.265. The van der Waals surface area contributed by atoms with Crippen molar-refractivity contribution < 1.29 is 4.52 Å². The Morgan fingerprint density at radius 3 is 2.47 bits per heavy atom. The van der Waals surface area contributed by atoms with Crippen LogP contribution in [0.5, 0.6) is 0 Å². The van der Waals surface area contributed by atoms with Gasteiger partial charge in [0.05, 0.1) is 16.7 Å². The number of H-pyrrole nitrogens is 1. The van der Waals surface area contributed by atoms with Crippen LogP contribution < -0.4 is 10.7 Å². The number of aromatic nitrogens is 5. The van der Waals surface area contributed by atoms with Crippen molar-refractivity contribution in [2.24, 2.45) is 11.8 Å². The monoisotopic (exact) mass is 534 g/mol. The molecule has 0 bridgehead atoms. The molecule has 2 fully saturated rings. The molecule has 1 saturated carbocycles. The highest BCUT2D eigenvalue weighted by Gasteiger charge is 2.32. The summed E-state index contributed by atoms with van der Waals surface area (Å²) in [5.41, 5.74) is 4.03. The zero-order valence-electron chi connectivity index (χ0n) is 22.3. The van der Waals surface area contributed by atoms with Crippen LogP contribution in [0.3, 0.4) is 0 Å². The van der Waals surface area contributed by atoms with Crippen LogP contribution in [0.4, 0.5) is 5.95 Å². The lowest BCUT2D eigenvalue weighted by atomic mass is 9.83. The zero-order valence-corrected chi connectivity index (χ0v) is 23.0. The molecule has 1 aliphatic heterocycles. The quantitative estimate of drug-likeness (QED) is 0.306. The number of piperidine rings is 1. The minimum Gasteiger partial charge on any atom is -0.337 e. The average Bonchev–Trinajstić information content (AvgIpc) is 3.48. The van der Waals surface area contributed by atoms with Crippen molar-refractivity contribution in [2.75, 3.05) is 4.90 Å². The second kappa shape index (κ2) is 10.2. The van der Waals surface area contributed by atoms with Crippen molar-refractivity contribution in [1.29, 1.82) is 0 Å². The number of fused-ring (bicyclic) bond motifs is 1. The van der Waals surface area contributed by atoms with Gasteiger partial charge >= 0.3 is 5.76 Å². The Bertz CT molecular complexity index is 1490. The molecule has 4 heterocycles. The molecule has 9 heteroatoms. The number of nitrogens with zero attached hydrogens (tertiary/aromatic N) is 5. The van der Waals surface area contributed by atoms with E-state index < -0.39 is 5.76 Å². The van der Waals surface area contributed by atoms with Crippen LogP contribution in [-0.2, 0) is 6.54 Å². The lowest BCUT2D eigenvalue weighted by Gasteiger charge is -2.40. The van der Waals surface area contributed by atoms with Crippen molar-refractivity contribution in [3.05, 3.63) is 45.9 Å². The fourth-order valence-electron chi connectivity index (χ4n) is 6.40. The summed E-state index contributed by atoms with van der Waals surface area (Å²) >= 11 is 6.45. The summed E-state index contributed by atoms with van der Waals surface area (Å²) in [4.78, 5) is 27.2. The summed E-state index contributed by atoms with van der Waals surface area (Å²) < 4.78 is 7.22. The average molecular weight is 535 g/mol. The number of hydrogen-bond acceptors (Lipinski definition) is 6. The third-order valence-corrected chi connectivity index (χ3v) is 8.72. The van der Waals surface area contributed by atoms with Crippen molar-refractivity contribution in [1.82, 2.24) is 24.7 Å². The molecular formula is C29H35ClN6O2. The smallest absolute Gasteiger partial charge is 0.337 e. The number of nitrogens with one attached hydrogen (secondary N) is 1. The van der Waals surface area contributed by atoms with E-state index in [2.05, 4.69) is 40.4 Å². The highest BCUT2D eigenvalue weighted by atomic mass is 35.5. The van der Waals surface area contributed by atoms with E-state index in [9.17, 15) is 4.79 Å². The molecule has 0 spiro atoms. The van der Waals surface area contributed by atoms with Crippen LogP contribution in [-0.4, -0.2) is 36.8 Å². The largest absolute Gasteiger partial charge is 0.439 e. The number of rotatable bonds is 5. The molecule has 1 aliphatic carbocycles. The van der Waals surface area contributed by atoms with Gasteiger partial charge in [-0.05, 0) is 76.0 Å². The minimum atomic E-state index is -0.611. The minimum absolute atomic E-state index is 0.289. The summed E-state index contributed by atoms with van der Waals surface area (Å²) in [6.45, 7) is 7.89. The van der Waals surface area contributed by atoms with Crippen LogP contribution >= 0.6 is 11.6 Å². The van der Waals surface area contributed by atoms with Gasteiger partial charge in [0.15, 0.2) is 0 Å². The highest BCUT2D eigenvalue weighted by Crippen LogP contribution is 2.39. The Kier molecular flexibility index (Phi) is 6.76. The second-order valence-electron chi connectivity index (χ2n) is 11.4. The van der Waals surface area contributed by atoms with Gasteiger partial charge in [0, 0.05) is 29.2 Å². The van der Waals surface area contributed by atoms with Crippen LogP contribution in [0.15, 0.2) is 39.6 Å². The number of halogens is 1. The molecule has 0 unspecified atom stereocenters. The van der Waals surface area contributed by atoms with Gasteiger partial charge in [0.1, 0.15) is 5.69 Å². The van der Waals surface area contributed by atoms with E-state index in [1.807, 2.05) is 30.3 Å². The first-order valence-corrected chi connectivity index (χ1v) is 14.3. The first kappa shape index (κ1) is 25.2. The number of benzene rings is 1. The van der Waals surface area contributed by atoms with E-state index in [0.717, 1.165) is 53.5 Å². The molecule has 1 N–H and O–H groups in total. The predicted molar refractivity (Wildman–Crippen MR) is 150 cm³/mol. The van der Waals surface area contributed by atoms with Gasteiger partial charge in [0.25, 0.3) is 0 Å². The first-order chi connectivity index (χ1) is 18.4. The number of hydrogen-bond donors (Lipinski definition) is 1. The van der Waals surface area contributed by atoms with Crippen molar-refractivity contribution in [3.63, 3.8) is 0 Å². The Morgan fingerprint density at radius 2 is 1.79 bits per heavy atom. The van der Waals surface area contributed by atoms with Crippen LogP contribution in [0.25, 0.3) is 33.8 Å². The Balaban J connectivity index is 1.59. The van der Waals surface area contributed by atoms with Gasteiger partial charge in [0.2, 0.25) is 11.8 Å². The number of anilines is 1. The van der Waals surface area contributed by atoms with E-state index in [4.69, 9.17) is 26.1 Å². The maximum absolute atomic E-state index is 11.8. The molecule has 0 amide bonds. The Hall–Kier alpha value is -3.13. The topological polar surface area (TPSA) is 92.8 Å². The zero-order chi connectivity index (χ0) is 26.4. The summed E-state index contributed by atoms with van der Waals surface area (Å²) in [5.74, 6) is 2.08. The van der Waals surface area contributed by atoms with Gasteiger partial charge in [-0.15, -0.1) is 0 Å². The summed E-state index contributed by atoms with van der Waals surface area (Å²) in [7, 11) is 0. The fourth-order valence-corrected chi connectivity index (χ4v) is 6.59. The Morgan fingerprint density at radius 1 is 1.03 bits per heavy atom. The molecule has 3 aromatic heterocycles. The van der Waals surface area contributed by atoms with Crippen LogP contribution in [0.2, 0.25) is 5.02 Å². The van der Waals surface area contributed by atoms with E-state index in [-0.39, 0.29) is 5.82 Å². The van der Waals surface area contributed by atoms with E-state index in [0.29, 0.717) is 28.7 Å². The molecule has 4 aromatic rings. The number of aromatic amines is 1. The summed E-state index contributed by atoms with van der Waals surface area (Å²) in [5, 5.41) is 4.55. The standard InChI is InChI=1S/C29H35ClN6O2/c1-17-10-12-20(13-11-17)16-35-26-23(32-28(35)36-18(2)6-4-7-19(36)3)15-24(27-33-29(37)38-34-27)31-25(26)21-8-5-9-22(30)14-21/h5,8-9,14-15,17-20H,4,6-7,10-13,16H2,1-3H3,(H,33,34,37)/t17-,18-,19-,20-/m1/s1. The molecule has 1 aromatic carbocycles. The van der Waals surface area contributed by atoms with Gasteiger partial charge in [-0.25, -0.2) is 14.8 Å². The molecular weight excluding hydrogens is 500 g/mol. The highest BCUT2D eigenvalue weighted by molar-refractivity contribution is 6.30. The summed E-state index contributed by atoms with van der Waals surface area (Å²) in [6.07, 6.45) is 8.53. The van der Waals surface area contributed by atoms with Crippen molar-refractivity contribution in [3.8, 4) is 22.8 Å². The van der Waals surface area contributed by atoms with Crippen LogP contribution in [0, 0.1) is 11.8 Å². The second-order valence-corrected chi connectivity index (χ2v) is 11.8. The van der Waals surface area contributed by atoms with Crippen molar-refractivity contribution >= 4 is 28.6 Å². The van der Waals surface area contributed by atoms with Gasteiger partial charge < -0.3 is 9.47 Å². The molecule has 8 nitrogen and oxygen atoms in total. The number of imidazole rings is 1. The maximum Gasteiger partial charge on any atom is 0.439 e. The fraction of sp³-hybridized carbons (Fsp3) is 0.517.